The first-order chi connectivity index (χ1) is 12.5. The van der Waals surface area contributed by atoms with Crippen molar-refractivity contribution in [2.75, 3.05) is 5.32 Å². The van der Waals surface area contributed by atoms with Crippen LogP contribution in [-0.2, 0) is 11.0 Å². The Balaban J connectivity index is 2.17. The molecule has 146 valence electrons. The maximum Gasteiger partial charge on any atom is 0.417 e. The van der Waals surface area contributed by atoms with E-state index in [4.69, 9.17) is 16.3 Å². The van der Waals surface area contributed by atoms with Crippen molar-refractivity contribution in [2.45, 2.75) is 45.9 Å². The smallest absolute Gasteiger partial charge is 0.417 e. The number of carbonyl (C=O) groups is 1. The lowest BCUT2D eigenvalue weighted by Gasteiger charge is -2.19. The predicted octanol–water partition coefficient (Wildman–Crippen LogP) is 6.20. The van der Waals surface area contributed by atoms with Gasteiger partial charge in [0.1, 0.15) is 5.75 Å². The molecule has 0 spiro atoms. The van der Waals surface area contributed by atoms with Crippen LogP contribution >= 0.6 is 11.6 Å². The number of rotatable bonds is 5. The van der Waals surface area contributed by atoms with Gasteiger partial charge in [-0.15, -0.1) is 0 Å². The maximum absolute atomic E-state index is 12.9. The van der Waals surface area contributed by atoms with Gasteiger partial charge in [0.05, 0.1) is 10.6 Å². The van der Waals surface area contributed by atoms with E-state index in [1.54, 1.807) is 6.92 Å². The number of amides is 1. The summed E-state index contributed by atoms with van der Waals surface area (Å²) in [7, 11) is 0. The molecular weight excluding hydrogens is 379 g/mol. The van der Waals surface area contributed by atoms with Crippen molar-refractivity contribution < 1.29 is 22.7 Å². The van der Waals surface area contributed by atoms with E-state index < -0.39 is 28.8 Å². The number of halogens is 4. The molecule has 1 N–H and O–H groups in total. The van der Waals surface area contributed by atoms with Crippen molar-refractivity contribution in [3.05, 3.63) is 58.1 Å². The molecule has 1 atom stereocenters. The third-order valence-electron chi connectivity index (χ3n) is 4.00. The number of anilines is 1. The van der Waals surface area contributed by atoms with Crippen molar-refractivity contribution in [1.29, 1.82) is 0 Å². The molecule has 0 radical (unpaired) electrons. The van der Waals surface area contributed by atoms with E-state index in [1.807, 2.05) is 39.0 Å². The Labute approximate surface area is 161 Å². The average molecular weight is 400 g/mol. The molecule has 27 heavy (non-hydrogen) atoms. The Bertz CT molecular complexity index is 834. The number of alkyl halides is 3. The SMILES string of the molecule is Cc1ccc(C(C)C)c(O[C@H](C)C(=O)Nc2ccc(Cl)c(C(F)(F)F)c2)c1. The van der Waals surface area contributed by atoms with E-state index in [0.29, 0.717) is 5.75 Å². The monoisotopic (exact) mass is 399 g/mol. The van der Waals surface area contributed by atoms with Crippen LogP contribution in [0.2, 0.25) is 5.02 Å². The summed E-state index contributed by atoms with van der Waals surface area (Å²) < 4.78 is 44.6. The molecule has 2 rings (SSSR count). The molecule has 0 aliphatic rings. The van der Waals surface area contributed by atoms with Gasteiger partial charge in [-0.05, 0) is 55.2 Å². The Hall–Kier alpha value is -2.21. The topological polar surface area (TPSA) is 38.3 Å². The fourth-order valence-electron chi connectivity index (χ4n) is 2.53. The molecule has 0 aliphatic carbocycles. The molecule has 2 aromatic rings. The lowest BCUT2D eigenvalue weighted by atomic mass is 10.0. The highest BCUT2D eigenvalue weighted by Crippen LogP contribution is 2.36. The normalized spacial score (nSPS) is 12.8. The summed E-state index contributed by atoms with van der Waals surface area (Å²) in [5, 5.41) is 2.02. The van der Waals surface area contributed by atoms with E-state index in [0.717, 1.165) is 23.3 Å². The van der Waals surface area contributed by atoms with Gasteiger partial charge in [-0.3, -0.25) is 4.79 Å². The van der Waals surface area contributed by atoms with Crippen LogP contribution in [0.15, 0.2) is 36.4 Å². The van der Waals surface area contributed by atoms with Gasteiger partial charge < -0.3 is 10.1 Å². The average Bonchev–Trinajstić information content (AvgIpc) is 2.55. The molecule has 0 fully saturated rings. The second-order valence-corrected chi connectivity index (χ2v) is 7.04. The second kappa shape index (κ2) is 8.21. The highest BCUT2D eigenvalue weighted by molar-refractivity contribution is 6.31. The number of nitrogens with one attached hydrogen (secondary N) is 1. The summed E-state index contributed by atoms with van der Waals surface area (Å²) in [6, 6.07) is 8.95. The zero-order chi connectivity index (χ0) is 20.4. The molecule has 0 aliphatic heterocycles. The zero-order valence-corrected chi connectivity index (χ0v) is 16.2. The molecule has 0 saturated heterocycles. The molecule has 0 heterocycles. The summed E-state index contributed by atoms with van der Waals surface area (Å²) in [6.07, 6.45) is -5.50. The standard InChI is InChI=1S/C20H21ClF3NO2/c1-11(2)15-7-5-12(3)9-18(15)27-13(4)19(26)25-14-6-8-17(21)16(10-14)20(22,23)24/h5-11,13H,1-4H3,(H,25,26)/t13-/m1/s1. The molecule has 3 nitrogen and oxygen atoms in total. The Morgan fingerprint density at radius 2 is 1.78 bits per heavy atom. The molecule has 1 amide bonds. The first-order valence-corrected chi connectivity index (χ1v) is 8.81. The van der Waals surface area contributed by atoms with Crippen LogP contribution in [0.3, 0.4) is 0 Å². The number of carbonyl (C=O) groups excluding carboxylic acids is 1. The Morgan fingerprint density at radius 1 is 1.11 bits per heavy atom. The predicted molar refractivity (Wildman–Crippen MR) is 100 cm³/mol. The Morgan fingerprint density at radius 3 is 2.37 bits per heavy atom. The number of aryl methyl sites for hydroxylation is 1. The largest absolute Gasteiger partial charge is 0.481 e. The third-order valence-corrected chi connectivity index (χ3v) is 4.33. The van der Waals surface area contributed by atoms with Crippen molar-refractivity contribution >= 4 is 23.2 Å². The number of ether oxygens (including phenoxy) is 1. The number of hydrogen-bond donors (Lipinski definition) is 1. The van der Waals surface area contributed by atoms with Crippen LogP contribution in [0.1, 0.15) is 43.4 Å². The second-order valence-electron chi connectivity index (χ2n) is 6.64. The van der Waals surface area contributed by atoms with E-state index >= 15 is 0 Å². The van der Waals surface area contributed by atoms with Crippen LogP contribution in [0.5, 0.6) is 5.75 Å². The molecule has 0 bridgehead atoms. The maximum atomic E-state index is 12.9. The van der Waals surface area contributed by atoms with Gasteiger partial charge in [0, 0.05) is 5.69 Å². The number of hydrogen-bond acceptors (Lipinski definition) is 2. The minimum Gasteiger partial charge on any atom is -0.481 e. The summed E-state index contributed by atoms with van der Waals surface area (Å²) in [6.45, 7) is 7.47. The van der Waals surface area contributed by atoms with Gasteiger partial charge in [-0.25, -0.2) is 0 Å². The van der Waals surface area contributed by atoms with E-state index in [-0.39, 0.29) is 11.6 Å². The summed E-state index contributed by atoms with van der Waals surface area (Å²) in [5.41, 5.74) is 0.928. The summed E-state index contributed by atoms with van der Waals surface area (Å²) in [4.78, 5) is 12.4. The van der Waals surface area contributed by atoms with Crippen LogP contribution in [0.25, 0.3) is 0 Å². The summed E-state index contributed by atoms with van der Waals surface area (Å²) in [5.74, 6) is 0.225. The number of benzene rings is 2. The van der Waals surface area contributed by atoms with Crippen molar-refractivity contribution in [3.63, 3.8) is 0 Å². The van der Waals surface area contributed by atoms with Gasteiger partial charge in [0.25, 0.3) is 5.91 Å². The molecule has 7 heteroatoms. The fraction of sp³-hybridized carbons (Fsp3) is 0.350. The fourth-order valence-corrected chi connectivity index (χ4v) is 2.75. The molecule has 0 aromatic heterocycles. The van der Waals surface area contributed by atoms with Gasteiger partial charge in [-0.2, -0.15) is 13.2 Å². The zero-order valence-electron chi connectivity index (χ0n) is 15.4. The minimum atomic E-state index is -4.60. The van der Waals surface area contributed by atoms with Crippen LogP contribution in [0, 0.1) is 6.92 Å². The van der Waals surface area contributed by atoms with Gasteiger partial charge in [-0.1, -0.05) is 37.6 Å². The highest BCUT2D eigenvalue weighted by Gasteiger charge is 2.33. The van der Waals surface area contributed by atoms with E-state index in [1.165, 1.54) is 6.07 Å². The lowest BCUT2D eigenvalue weighted by Crippen LogP contribution is -2.30. The van der Waals surface area contributed by atoms with Crippen LogP contribution < -0.4 is 10.1 Å². The van der Waals surface area contributed by atoms with Crippen molar-refractivity contribution in [1.82, 2.24) is 0 Å². The Kier molecular flexibility index (Phi) is 6.42. The van der Waals surface area contributed by atoms with Crippen LogP contribution in [0.4, 0.5) is 18.9 Å². The van der Waals surface area contributed by atoms with Crippen molar-refractivity contribution in [2.24, 2.45) is 0 Å². The molecule has 2 aromatic carbocycles. The van der Waals surface area contributed by atoms with Crippen LogP contribution in [-0.4, -0.2) is 12.0 Å². The molecule has 0 unspecified atom stereocenters. The summed E-state index contributed by atoms with van der Waals surface area (Å²) >= 11 is 5.59. The minimum absolute atomic E-state index is 0.000463. The van der Waals surface area contributed by atoms with Gasteiger partial charge in [0.2, 0.25) is 0 Å². The van der Waals surface area contributed by atoms with E-state index in [9.17, 15) is 18.0 Å². The van der Waals surface area contributed by atoms with E-state index in [2.05, 4.69) is 5.32 Å². The molecular formula is C20H21ClF3NO2. The first-order valence-electron chi connectivity index (χ1n) is 8.44. The first kappa shape index (κ1) is 21.1. The van der Waals surface area contributed by atoms with Gasteiger partial charge >= 0.3 is 6.18 Å². The lowest BCUT2D eigenvalue weighted by molar-refractivity contribution is -0.137. The third kappa shape index (κ3) is 5.39. The van der Waals surface area contributed by atoms with Crippen molar-refractivity contribution in [3.8, 4) is 5.75 Å². The highest BCUT2D eigenvalue weighted by atomic mass is 35.5. The molecule has 0 saturated carbocycles. The van der Waals surface area contributed by atoms with Gasteiger partial charge in [0.15, 0.2) is 6.10 Å². The quantitative estimate of drug-likeness (QED) is 0.650.